The minimum Gasteiger partial charge on any atom is -0.386 e. The molecule has 0 saturated heterocycles. The minimum absolute atomic E-state index is 0.0669. The summed E-state index contributed by atoms with van der Waals surface area (Å²) in [6, 6.07) is 5.53. The number of carbonyl (C=O) groups excluding carboxylic acids is 1. The molecule has 5 heteroatoms. The van der Waals surface area contributed by atoms with Crippen molar-refractivity contribution in [3.8, 4) is 0 Å². The minimum atomic E-state index is -0.204. The van der Waals surface area contributed by atoms with Crippen molar-refractivity contribution in [2.45, 2.75) is 25.8 Å². The van der Waals surface area contributed by atoms with Gasteiger partial charge in [0.05, 0.1) is 11.6 Å². The number of halogens is 1. The molecule has 4 nitrogen and oxygen atoms in total. The van der Waals surface area contributed by atoms with Gasteiger partial charge < -0.3 is 11.1 Å². The summed E-state index contributed by atoms with van der Waals surface area (Å²) in [4.78, 5) is 16.1. The molecule has 0 spiro atoms. The first-order chi connectivity index (χ1) is 8.41. The number of alkyl halides is 1. The van der Waals surface area contributed by atoms with Crippen LogP contribution in [0.25, 0.3) is 0 Å². The van der Waals surface area contributed by atoms with Crippen molar-refractivity contribution < 1.29 is 4.79 Å². The molecule has 0 fully saturated rings. The topological polar surface area (TPSA) is 67.5 Å². The van der Waals surface area contributed by atoms with Crippen molar-refractivity contribution in [2.24, 2.45) is 10.7 Å². The predicted molar refractivity (Wildman–Crippen MR) is 73.7 cm³/mol. The van der Waals surface area contributed by atoms with Crippen molar-refractivity contribution in [3.05, 3.63) is 29.3 Å². The smallest absolute Gasteiger partial charge is 0.252 e. The summed E-state index contributed by atoms with van der Waals surface area (Å²) in [7, 11) is 0. The summed E-state index contributed by atoms with van der Waals surface area (Å²) in [6.07, 6.45) is 0.809. The number of benzene rings is 1. The van der Waals surface area contributed by atoms with Crippen LogP contribution in [0.1, 0.15) is 29.8 Å². The maximum absolute atomic E-state index is 12.0. The highest BCUT2D eigenvalue weighted by Gasteiger charge is 2.29. The second-order valence-corrected chi connectivity index (χ2v) is 5.36. The molecule has 1 heterocycles. The van der Waals surface area contributed by atoms with Gasteiger partial charge in [0.25, 0.3) is 5.91 Å². The highest BCUT2D eigenvalue weighted by molar-refractivity contribution is 6.28. The Labute approximate surface area is 111 Å². The monoisotopic (exact) mass is 265 g/mol. The van der Waals surface area contributed by atoms with E-state index < -0.39 is 0 Å². The maximum Gasteiger partial charge on any atom is 0.252 e. The molecule has 0 unspecified atom stereocenters. The van der Waals surface area contributed by atoms with Crippen LogP contribution in [-0.2, 0) is 6.42 Å². The van der Waals surface area contributed by atoms with Crippen LogP contribution in [0.4, 0.5) is 5.69 Å². The van der Waals surface area contributed by atoms with E-state index in [4.69, 9.17) is 17.3 Å². The second-order valence-electron chi connectivity index (χ2n) is 5.09. The quantitative estimate of drug-likeness (QED) is 0.488. The molecule has 3 N–H and O–H groups in total. The summed E-state index contributed by atoms with van der Waals surface area (Å²) >= 11 is 5.58. The van der Waals surface area contributed by atoms with Crippen LogP contribution in [0.15, 0.2) is 23.2 Å². The third kappa shape index (κ3) is 2.64. The summed E-state index contributed by atoms with van der Waals surface area (Å²) < 4.78 is 0. The van der Waals surface area contributed by atoms with Crippen molar-refractivity contribution in [1.82, 2.24) is 5.32 Å². The Bertz CT molecular complexity index is 523. The van der Waals surface area contributed by atoms with Gasteiger partial charge >= 0.3 is 0 Å². The Morgan fingerprint density at radius 2 is 2.28 bits per heavy atom. The van der Waals surface area contributed by atoms with E-state index in [0.717, 1.165) is 12.0 Å². The molecule has 0 atom stereocenters. The van der Waals surface area contributed by atoms with Crippen LogP contribution in [0.2, 0.25) is 0 Å². The van der Waals surface area contributed by atoms with Gasteiger partial charge in [-0.05, 0) is 38.0 Å². The molecular weight excluding hydrogens is 250 g/mol. The van der Waals surface area contributed by atoms with Crippen LogP contribution in [0.5, 0.6) is 0 Å². The van der Waals surface area contributed by atoms with Gasteiger partial charge in [0.1, 0.15) is 5.84 Å². The number of rotatable bonds is 2. The maximum atomic E-state index is 12.0. The van der Waals surface area contributed by atoms with Crippen molar-refractivity contribution in [1.29, 1.82) is 0 Å². The number of nitrogens with zero attached hydrogens (tertiary/aromatic N) is 1. The van der Waals surface area contributed by atoms with E-state index in [1.165, 1.54) is 0 Å². The lowest BCUT2D eigenvalue weighted by molar-refractivity contribution is 0.0897. The highest BCUT2D eigenvalue weighted by Crippen LogP contribution is 2.26. The molecule has 96 valence electrons. The number of aliphatic imine (C=N–C) groups is 1. The van der Waals surface area contributed by atoms with Crippen LogP contribution in [0, 0.1) is 0 Å². The van der Waals surface area contributed by atoms with Crippen molar-refractivity contribution in [2.75, 3.05) is 5.88 Å². The molecule has 0 aliphatic carbocycles. The Morgan fingerprint density at radius 1 is 1.56 bits per heavy atom. The fourth-order valence-electron chi connectivity index (χ4n) is 2.09. The van der Waals surface area contributed by atoms with Gasteiger partial charge in [-0.1, -0.05) is 6.07 Å². The Morgan fingerprint density at radius 3 is 2.94 bits per heavy atom. The number of fused-ring (bicyclic) bond motifs is 1. The summed E-state index contributed by atoms with van der Waals surface area (Å²) in [5, 5.41) is 2.96. The highest BCUT2D eigenvalue weighted by atomic mass is 35.5. The number of amides is 1. The molecule has 1 aliphatic heterocycles. The SMILES string of the molecule is CC1(C)Cc2ccc(N=C(N)CCl)cc2C(=O)N1. The lowest BCUT2D eigenvalue weighted by atomic mass is 9.87. The largest absolute Gasteiger partial charge is 0.386 e. The molecule has 0 saturated carbocycles. The number of nitrogens with one attached hydrogen (secondary N) is 1. The Hall–Kier alpha value is -1.55. The van der Waals surface area contributed by atoms with E-state index in [1.807, 2.05) is 26.0 Å². The van der Waals surface area contributed by atoms with Crippen LogP contribution in [-0.4, -0.2) is 23.2 Å². The van der Waals surface area contributed by atoms with Crippen molar-refractivity contribution in [3.63, 3.8) is 0 Å². The van der Waals surface area contributed by atoms with E-state index in [2.05, 4.69) is 10.3 Å². The van der Waals surface area contributed by atoms with Crippen molar-refractivity contribution >= 4 is 29.0 Å². The molecule has 1 aromatic rings. The van der Waals surface area contributed by atoms with Gasteiger partial charge in [0.15, 0.2) is 0 Å². The molecular formula is C13H16ClN3O. The molecule has 2 rings (SSSR count). The standard InChI is InChI=1S/C13H16ClN3O/c1-13(2)6-8-3-4-9(16-11(15)7-14)5-10(8)12(18)17-13/h3-5H,6-7H2,1-2H3,(H2,15,16)(H,17,18). The molecule has 1 aromatic carbocycles. The van der Waals surface area contributed by atoms with Gasteiger partial charge in [0.2, 0.25) is 0 Å². The molecule has 1 aliphatic rings. The van der Waals surface area contributed by atoms with Crippen LogP contribution in [0.3, 0.4) is 0 Å². The van der Waals surface area contributed by atoms with E-state index in [9.17, 15) is 4.79 Å². The first-order valence-corrected chi connectivity index (χ1v) is 6.29. The van der Waals surface area contributed by atoms with Gasteiger partial charge in [-0.15, -0.1) is 11.6 Å². The molecule has 0 bridgehead atoms. The van der Waals surface area contributed by atoms with E-state index in [0.29, 0.717) is 17.1 Å². The normalized spacial score (nSPS) is 18.2. The van der Waals surface area contributed by atoms with E-state index in [1.54, 1.807) is 6.07 Å². The third-order valence-corrected chi connectivity index (χ3v) is 3.11. The van der Waals surface area contributed by atoms with Crippen LogP contribution < -0.4 is 11.1 Å². The average molecular weight is 266 g/mol. The lowest BCUT2D eigenvalue weighted by Crippen LogP contribution is -2.49. The number of amidine groups is 1. The molecule has 0 aromatic heterocycles. The number of nitrogens with two attached hydrogens (primary N) is 1. The van der Waals surface area contributed by atoms with Crippen LogP contribution >= 0.6 is 11.6 Å². The number of hydrogen-bond acceptors (Lipinski definition) is 2. The van der Waals surface area contributed by atoms with E-state index >= 15 is 0 Å². The van der Waals surface area contributed by atoms with Gasteiger partial charge in [-0.2, -0.15) is 0 Å². The zero-order valence-corrected chi connectivity index (χ0v) is 11.2. The summed E-state index contributed by atoms with van der Waals surface area (Å²) in [6.45, 7) is 4.01. The lowest BCUT2D eigenvalue weighted by Gasteiger charge is -2.32. The van der Waals surface area contributed by atoms with Gasteiger partial charge in [0, 0.05) is 11.1 Å². The Kier molecular flexibility index (Phi) is 3.30. The summed E-state index contributed by atoms with van der Waals surface area (Å²) in [5.74, 6) is 0.451. The third-order valence-electron chi connectivity index (χ3n) is 2.83. The van der Waals surface area contributed by atoms with Gasteiger partial charge in [-0.3, -0.25) is 4.79 Å². The summed E-state index contributed by atoms with van der Waals surface area (Å²) in [5.41, 5.74) is 7.73. The first kappa shape index (κ1) is 12.9. The first-order valence-electron chi connectivity index (χ1n) is 5.76. The Balaban J connectivity index is 2.39. The fraction of sp³-hybridized carbons (Fsp3) is 0.385. The average Bonchev–Trinajstić information content (AvgIpc) is 2.28. The van der Waals surface area contributed by atoms with Gasteiger partial charge in [-0.25, -0.2) is 4.99 Å². The fourth-order valence-corrected chi connectivity index (χ4v) is 2.15. The zero-order valence-electron chi connectivity index (χ0n) is 10.5. The molecule has 0 radical (unpaired) electrons. The van der Waals surface area contributed by atoms with E-state index in [-0.39, 0.29) is 17.3 Å². The predicted octanol–water partition coefficient (Wildman–Crippen LogP) is 1.98. The zero-order chi connectivity index (χ0) is 13.3. The molecule has 18 heavy (non-hydrogen) atoms. The second kappa shape index (κ2) is 4.61. The number of hydrogen-bond donors (Lipinski definition) is 2. The molecule has 1 amide bonds. The number of carbonyl (C=O) groups is 1.